The second-order valence-corrected chi connectivity index (χ2v) is 8.38. The number of hydrogen-bond acceptors (Lipinski definition) is 6. The lowest BCUT2D eigenvalue weighted by Gasteiger charge is -2.36. The molecule has 9 nitrogen and oxygen atoms in total. The van der Waals surface area contributed by atoms with Gasteiger partial charge in [-0.2, -0.15) is 0 Å². The van der Waals surface area contributed by atoms with Crippen LogP contribution in [0.5, 0.6) is 0 Å². The standard InChI is InChI=1S/C22H27ClFN7O2/c1-33-8-4-6-25-22(32)31-7-3-2-5-15(31)11-27-21-18(24)13-29-20(30-21)17-12-28-19-16(17)9-14(23)10-26-19/h9-10,12-13,15H,2-8,11H2,1H3,(H,25,32)(H,26,28)(H,27,29,30)/t15-/m1/s1. The lowest BCUT2D eigenvalue weighted by molar-refractivity contribution is 0.153. The average molecular weight is 476 g/mol. The normalized spacial score (nSPS) is 16.2. The van der Waals surface area contributed by atoms with Crippen molar-refractivity contribution in [2.75, 3.05) is 38.7 Å². The fourth-order valence-corrected chi connectivity index (χ4v) is 4.15. The lowest BCUT2D eigenvalue weighted by Crippen LogP contribution is -2.51. The SMILES string of the molecule is COCCCNC(=O)N1CCCC[C@@H]1CNc1nc(-c2c[nH]c3ncc(Cl)cc23)ncc1F. The van der Waals surface area contributed by atoms with Crippen LogP contribution in [-0.4, -0.2) is 70.3 Å². The van der Waals surface area contributed by atoms with Crippen molar-refractivity contribution in [1.82, 2.24) is 30.2 Å². The molecule has 0 unspecified atom stereocenters. The first-order valence-corrected chi connectivity index (χ1v) is 11.4. The maximum absolute atomic E-state index is 14.5. The molecule has 2 amide bonds. The number of pyridine rings is 1. The molecule has 4 rings (SSSR count). The number of aromatic amines is 1. The van der Waals surface area contributed by atoms with E-state index in [-0.39, 0.29) is 17.9 Å². The van der Waals surface area contributed by atoms with Crippen molar-refractivity contribution in [3.05, 3.63) is 35.5 Å². The fourth-order valence-electron chi connectivity index (χ4n) is 3.99. The summed E-state index contributed by atoms with van der Waals surface area (Å²) in [6.07, 6.45) is 7.97. The summed E-state index contributed by atoms with van der Waals surface area (Å²) >= 11 is 6.08. The molecule has 1 atom stereocenters. The van der Waals surface area contributed by atoms with E-state index in [9.17, 15) is 9.18 Å². The fraction of sp³-hybridized carbons (Fsp3) is 0.455. The maximum atomic E-state index is 14.5. The molecule has 0 radical (unpaired) electrons. The van der Waals surface area contributed by atoms with Gasteiger partial charge in [0.2, 0.25) is 0 Å². The van der Waals surface area contributed by atoms with Gasteiger partial charge in [0.05, 0.1) is 17.3 Å². The predicted molar refractivity (Wildman–Crippen MR) is 125 cm³/mol. The Morgan fingerprint density at radius 3 is 3.09 bits per heavy atom. The molecule has 0 bridgehead atoms. The van der Waals surface area contributed by atoms with Gasteiger partial charge in [0.1, 0.15) is 5.65 Å². The molecule has 0 aromatic carbocycles. The van der Waals surface area contributed by atoms with Crippen molar-refractivity contribution in [2.24, 2.45) is 0 Å². The molecule has 1 saturated heterocycles. The van der Waals surface area contributed by atoms with Crippen LogP contribution in [0.2, 0.25) is 5.02 Å². The number of nitrogens with one attached hydrogen (secondary N) is 3. The van der Waals surface area contributed by atoms with Gasteiger partial charge in [-0.3, -0.25) is 0 Å². The zero-order valence-electron chi connectivity index (χ0n) is 18.4. The van der Waals surface area contributed by atoms with Gasteiger partial charge in [-0.15, -0.1) is 0 Å². The number of carbonyl (C=O) groups is 1. The average Bonchev–Trinajstić information content (AvgIpc) is 3.24. The van der Waals surface area contributed by atoms with E-state index in [0.29, 0.717) is 48.3 Å². The Bertz CT molecular complexity index is 1110. The Kier molecular flexibility index (Phi) is 7.56. The Labute approximate surface area is 196 Å². The van der Waals surface area contributed by atoms with E-state index in [4.69, 9.17) is 16.3 Å². The molecule has 1 aliphatic heterocycles. The third-order valence-corrected chi connectivity index (χ3v) is 5.88. The van der Waals surface area contributed by atoms with Crippen molar-refractivity contribution < 1.29 is 13.9 Å². The van der Waals surface area contributed by atoms with Crippen molar-refractivity contribution >= 4 is 34.5 Å². The first-order valence-electron chi connectivity index (χ1n) is 11.0. The molecule has 3 N–H and O–H groups in total. The highest BCUT2D eigenvalue weighted by Gasteiger charge is 2.27. The van der Waals surface area contributed by atoms with Gasteiger partial charge in [0.15, 0.2) is 17.5 Å². The number of rotatable bonds is 8. The third-order valence-electron chi connectivity index (χ3n) is 5.68. The van der Waals surface area contributed by atoms with Gasteiger partial charge >= 0.3 is 6.03 Å². The van der Waals surface area contributed by atoms with Gasteiger partial charge < -0.3 is 25.3 Å². The van der Waals surface area contributed by atoms with Gasteiger partial charge in [-0.1, -0.05) is 11.6 Å². The van der Waals surface area contributed by atoms with E-state index in [1.54, 1.807) is 25.6 Å². The lowest BCUT2D eigenvalue weighted by atomic mass is 10.0. The van der Waals surface area contributed by atoms with Crippen LogP contribution >= 0.6 is 11.6 Å². The summed E-state index contributed by atoms with van der Waals surface area (Å²) in [7, 11) is 1.64. The van der Waals surface area contributed by atoms with Crippen LogP contribution in [0.4, 0.5) is 15.0 Å². The van der Waals surface area contributed by atoms with E-state index < -0.39 is 5.82 Å². The van der Waals surface area contributed by atoms with E-state index in [0.717, 1.165) is 37.3 Å². The van der Waals surface area contributed by atoms with Crippen LogP contribution in [0.1, 0.15) is 25.7 Å². The number of ether oxygens (including phenoxy) is 1. The molecular weight excluding hydrogens is 449 g/mol. The summed E-state index contributed by atoms with van der Waals surface area (Å²) in [6.45, 7) is 2.21. The van der Waals surface area contributed by atoms with Crippen LogP contribution in [0, 0.1) is 5.82 Å². The van der Waals surface area contributed by atoms with E-state index >= 15 is 0 Å². The van der Waals surface area contributed by atoms with E-state index in [1.165, 1.54) is 0 Å². The quantitative estimate of drug-likeness (QED) is 0.427. The maximum Gasteiger partial charge on any atom is 0.317 e. The van der Waals surface area contributed by atoms with Crippen molar-refractivity contribution in [3.8, 4) is 11.4 Å². The molecular formula is C22H27ClFN7O2. The van der Waals surface area contributed by atoms with Crippen molar-refractivity contribution in [1.29, 1.82) is 0 Å². The largest absolute Gasteiger partial charge is 0.385 e. The number of anilines is 1. The smallest absolute Gasteiger partial charge is 0.317 e. The highest BCUT2D eigenvalue weighted by Crippen LogP contribution is 2.28. The number of amides is 2. The highest BCUT2D eigenvalue weighted by atomic mass is 35.5. The topological polar surface area (TPSA) is 108 Å². The zero-order valence-corrected chi connectivity index (χ0v) is 19.2. The monoisotopic (exact) mass is 475 g/mol. The minimum absolute atomic E-state index is 0.0601. The molecule has 1 fully saturated rings. The minimum atomic E-state index is -0.555. The first-order chi connectivity index (χ1) is 16.1. The molecule has 3 aromatic heterocycles. The number of nitrogens with zero attached hydrogens (tertiary/aromatic N) is 4. The minimum Gasteiger partial charge on any atom is -0.385 e. The number of halogens is 2. The summed E-state index contributed by atoms with van der Waals surface area (Å²) in [5.41, 5.74) is 1.32. The molecule has 11 heteroatoms. The Morgan fingerprint density at radius 1 is 1.36 bits per heavy atom. The van der Waals surface area contributed by atoms with Gasteiger partial charge in [-0.25, -0.2) is 24.1 Å². The van der Waals surface area contributed by atoms with Crippen LogP contribution < -0.4 is 10.6 Å². The number of carbonyl (C=O) groups excluding carboxylic acids is 1. The molecule has 0 saturated carbocycles. The van der Waals surface area contributed by atoms with E-state index in [1.807, 2.05) is 4.90 Å². The highest BCUT2D eigenvalue weighted by molar-refractivity contribution is 6.31. The number of aromatic nitrogens is 4. The summed E-state index contributed by atoms with van der Waals surface area (Å²) < 4.78 is 19.5. The Morgan fingerprint density at radius 2 is 2.24 bits per heavy atom. The molecule has 3 aromatic rings. The van der Waals surface area contributed by atoms with E-state index in [2.05, 4.69) is 30.6 Å². The molecule has 0 aliphatic carbocycles. The number of piperidine rings is 1. The number of H-pyrrole nitrogens is 1. The number of methoxy groups -OCH3 is 1. The molecule has 0 spiro atoms. The predicted octanol–water partition coefficient (Wildman–Crippen LogP) is 3.82. The number of hydrogen-bond donors (Lipinski definition) is 3. The van der Waals surface area contributed by atoms with Gasteiger partial charge in [0, 0.05) is 56.7 Å². The third kappa shape index (κ3) is 5.51. The molecule has 33 heavy (non-hydrogen) atoms. The first kappa shape index (κ1) is 23.2. The molecule has 1 aliphatic rings. The van der Waals surface area contributed by atoms with Crippen LogP contribution in [0.15, 0.2) is 24.7 Å². The summed E-state index contributed by atoms with van der Waals surface area (Å²) in [5, 5.41) is 7.26. The van der Waals surface area contributed by atoms with Gasteiger partial charge in [-0.05, 0) is 31.7 Å². The van der Waals surface area contributed by atoms with Gasteiger partial charge in [0.25, 0.3) is 0 Å². The van der Waals surface area contributed by atoms with Crippen LogP contribution in [-0.2, 0) is 4.74 Å². The molecule has 4 heterocycles. The number of fused-ring (bicyclic) bond motifs is 1. The van der Waals surface area contributed by atoms with Crippen LogP contribution in [0.25, 0.3) is 22.4 Å². The van der Waals surface area contributed by atoms with Crippen LogP contribution in [0.3, 0.4) is 0 Å². The zero-order chi connectivity index (χ0) is 23.2. The Balaban J connectivity index is 1.46. The second-order valence-electron chi connectivity index (χ2n) is 7.94. The second kappa shape index (κ2) is 10.8. The number of urea groups is 1. The Hall–Kier alpha value is -2.98. The summed E-state index contributed by atoms with van der Waals surface area (Å²) in [5.74, 6) is -0.109. The van der Waals surface area contributed by atoms with Crippen molar-refractivity contribution in [2.45, 2.75) is 31.7 Å². The summed E-state index contributed by atoms with van der Waals surface area (Å²) in [6, 6.07) is 1.60. The molecule has 176 valence electrons. The number of likely N-dealkylation sites (tertiary alicyclic amines) is 1. The summed E-state index contributed by atoms with van der Waals surface area (Å²) in [4.78, 5) is 30.3. The van der Waals surface area contributed by atoms with Crippen molar-refractivity contribution in [3.63, 3.8) is 0 Å².